The number of nitrogens with one attached hydrogen (secondary N) is 2. The van der Waals surface area contributed by atoms with Crippen LogP contribution in [0.3, 0.4) is 0 Å². The summed E-state index contributed by atoms with van der Waals surface area (Å²) < 4.78 is 0. The van der Waals surface area contributed by atoms with Crippen LogP contribution in [0.15, 0.2) is 35.6 Å². The average molecular weight is 187 g/mol. The normalized spacial score (nSPS) is 22.3. The molecule has 0 bridgehead atoms. The van der Waals surface area contributed by atoms with E-state index in [9.17, 15) is 0 Å². The lowest BCUT2D eigenvalue weighted by Crippen LogP contribution is -3.06. The van der Waals surface area contributed by atoms with Crippen molar-refractivity contribution >= 4 is 22.9 Å². The van der Waals surface area contributed by atoms with Crippen LogP contribution in [-0.4, -0.2) is 12.4 Å². The molecular weight excluding hydrogens is 176 g/mol. The van der Waals surface area contributed by atoms with E-state index < -0.39 is 0 Å². The molecule has 0 saturated heterocycles. The Morgan fingerprint density at radius 2 is 2.36 bits per heavy atom. The number of rotatable bonds is 0. The fraction of sp³-hybridized carbons (Fsp3) is 0.100. The maximum Gasteiger partial charge on any atom is 0.230 e. The van der Waals surface area contributed by atoms with Gasteiger partial charge in [0.05, 0.1) is 11.9 Å². The maximum absolute atomic E-state index is 5.72. The number of hydrogen-bond donors (Lipinski definition) is 3. The predicted molar refractivity (Wildman–Crippen MR) is 56.5 cm³/mol. The monoisotopic (exact) mass is 187 g/mol. The van der Waals surface area contributed by atoms with Crippen LogP contribution in [0, 0.1) is 0 Å². The molecule has 4 N–H and O–H groups in total. The zero-order valence-corrected chi connectivity index (χ0v) is 7.62. The summed E-state index contributed by atoms with van der Waals surface area (Å²) in [5.74, 6) is 1.11. The number of anilines is 2. The summed E-state index contributed by atoms with van der Waals surface area (Å²) >= 11 is 0. The first-order valence-corrected chi connectivity index (χ1v) is 4.59. The standard InChI is InChI=1S/C10H10N4/c11-7-1-2-9-8(5-7)13-6-10-12-3-4-14(9)10/h1-5,13H,6,11H2/p+1. The van der Waals surface area contributed by atoms with Crippen LogP contribution in [0.2, 0.25) is 0 Å². The fourth-order valence-electron chi connectivity index (χ4n) is 1.88. The molecule has 2 heterocycles. The van der Waals surface area contributed by atoms with Gasteiger partial charge in [0.15, 0.2) is 5.69 Å². The smallest absolute Gasteiger partial charge is 0.230 e. The minimum Gasteiger partial charge on any atom is -0.399 e. The number of hydrogen-bond acceptors (Lipinski definition) is 3. The molecule has 2 aliphatic rings. The third-order valence-electron chi connectivity index (χ3n) is 2.56. The van der Waals surface area contributed by atoms with Gasteiger partial charge in [-0.2, -0.15) is 0 Å². The summed E-state index contributed by atoms with van der Waals surface area (Å²) in [5.41, 5.74) is 8.81. The van der Waals surface area contributed by atoms with E-state index in [1.54, 1.807) is 0 Å². The van der Waals surface area contributed by atoms with Gasteiger partial charge < -0.3 is 11.1 Å². The van der Waals surface area contributed by atoms with E-state index in [4.69, 9.17) is 5.73 Å². The number of nitrogens with zero attached hydrogens (tertiary/aromatic N) is 1. The van der Waals surface area contributed by atoms with Gasteiger partial charge in [0.25, 0.3) is 0 Å². The zero-order valence-electron chi connectivity index (χ0n) is 7.62. The predicted octanol–water partition coefficient (Wildman–Crippen LogP) is 0.0940. The second-order valence-electron chi connectivity index (χ2n) is 3.46. The molecule has 0 aromatic heterocycles. The van der Waals surface area contributed by atoms with Crippen molar-refractivity contribution in [3.63, 3.8) is 0 Å². The molecule has 0 saturated carbocycles. The van der Waals surface area contributed by atoms with Gasteiger partial charge in [0.2, 0.25) is 5.84 Å². The van der Waals surface area contributed by atoms with Gasteiger partial charge in [-0.1, -0.05) is 0 Å². The molecule has 2 aliphatic heterocycles. The van der Waals surface area contributed by atoms with E-state index in [2.05, 4.69) is 10.3 Å². The van der Waals surface area contributed by atoms with Crippen LogP contribution in [-0.2, 0) is 0 Å². The topological polar surface area (TPSA) is 54.8 Å². The quantitative estimate of drug-likeness (QED) is 0.504. The molecule has 1 aromatic carbocycles. The molecule has 0 spiro atoms. The van der Waals surface area contributed by atoms with Crippen molar-refractivity contribution in [2.75, 3.05) is 17.6 Å². The first kappa shape index (κ1) is 7.58. The molecule has 3 rings (SSSR count). The highest BCUT2D eigenvalue weighted by atomic mass is 15.3. The van der Waals surface area contributed by atoms with Crippen LogP contribution in [0.25, 0.3) is 0 Å². The number of fused-ring (bicyclic) bond motifs is 3. The summed E-state index contributed by atoms with van der Waals surface area (Å²) in [6.45, 7) is 0.790. The molecule has 14 heavy (non-hydrogen) atoms. The van der Waals surface area contributed by atoms with E-state index in [-0.39, 0.29) is 0 Å². The van der Waals surface area contributed by atoms with Crippen molar-refractivity contribution in [1.29, 1.82) is 0 Å². The van der Waals surface area contributed by atoms with Gasteiger partial charge in [0.1, 0.15) is 12.7 Å². The zero-order chi connectivity index (χ0) is 9.54. The fourth-order valence-corrected chi connectivity index (χ4v) is 1.88. The van der Waals surface area contributed by atoms with E-state index in [0.717, 1.165) is 23.8 Å². The van der Waals surface area contributed by atoms with Crippen LogP contribution in [0.1, 0.15) is 0 Å². The molecule has 0 radical (unpaired) electrons. The lowest BCUT2D eigenvalue weighted by Gasteiger charge is -2.22. The third-order valence-corrected chi connectivity index (χ3v) is 2.56. The second-order valence-corrected chi connectivity index (χ2v) is 3.46. The Morgan fingerprint density at radius 1 is 1.43 bits per heavy atom. The number of benzene rings is 1. The van der Waals surface area contributed by atoms with Gasteiger partial charge in [-0.25, -0.2) is 9.89 Å². The van der Waals surface area contributed by atoms with Crippen molar-refractivity contribution in [2.24, 2.45) is 4.99 Å². The van der Waals surface area contributed by atoms with Crippen molar-refractivity contribution in [1.82, 2.24) is 0 Å². The molecule has 0 amide bonds. The average Bonchev–Trinajstić information content (AvgIpc) is 2.65. The van der Waals surface area contributed by atoms with Gasteiger partial charge in [0, 0.05) is 11.8 Å². The van der Waals surface area contributed by atoms with Gasteiger partial charge in [-0.05, 0) is 12.1 Å². The van der Waals surface area contributed by atoms with E-state index in [1.807, 2.05) is 30.6 Å². The van der Waals surface area contributed by atoms with Crippen LogP contribution in [0.4, 0.5) is 17.1 Å². The Kier molecular flexibility index (Phi) is 1.40. The summed E-state index contributed by atoms with van der Waals surface area (Å²) in [4.78, 5) is 5.51. The van der Waals surface area contributed by atoms with Crippen molar-refractivity contribution in [3.05, 3.63) is 30.6 Å². The van der Waals surface area contributed by atoms with Crippen LogP contribution < -0.4 is 16.0 Å². The van der Waals surface area contributed by atoms with Crippen molar-refractivity contribution in [2.45, 2.75) is 0 Å². The lowest BCUT2D eigenvalue weighted by atomic mass is 10.2. The van der Waals surface area contributed by atoms with Crippen molar-refractivity contribution < 1.29 is 4.90 Å². The molecule has 1 unspecified atom stereocenters. The van der Waals surface area contributed by atoms with Gasteiger partial charge >= 0.3 is 0 Å². The number of quaternary nitrogens is 1. The summed E-state index contributed by atoms with van der Waals surface area (Å²) in [5, 5.41) is 3.30. The van der Waals surface area contributed by atoms with Gasteiger partial charge in [-0.3, -0.25) is 0 Å². The van der Waals surface area contributed by atoms with Crippen LogP contribution >= 0.6 is 0 Å². The Bertz CT molecular complexity index is 447. The number of aliphatic imine (C=N–C) groups is 1. The number of nitrogen functional groups attached to an aromatic ring is 1. The molecule has 0 aliphatic carbocycles. The first-order chi connectivity index (χ1) is 6.84. The van der Waals surface area contributed by atoms with Gasteiger partial charge in [-0.15, -0.1) is 0 Å². The van der Waals surface area contributed by atoms with E-state index in [1.165, 1.54) is 10.6 Å². The lowest BCUT2D eigenvalue weighted by molar-refractivity contribution is -0.664. The SMILES string of the molecule is Nc1ccc2c(c1)NCC1=NC=C[NH+]12. The number of amidine groups is 1. The maximum atomic E-state index is 5.72. The third kappa shape index (κ3) is 0.944. The molecule has 1 atom stereocenters. The Balaban J connectivity index is 2.15. The number of nitrogens with two attached hydrogens (primary N) is 1. The second kappa shape index (κ2) is 2.59. The Morgan fingerprint density at radius 3 is 3.29 bits per heavy atom. The Labute approximate surface area is 81.7 Å². The highest BCUT2D eigenvalue weighted by molar-refractivity contribution is 5.88. The first-order valence-electron chi connectivity index (χ1n) is 4.59. The minimum atomic E-state index is 0.790. The Hall–Kier alpha value is -1.81. The molecule has 4 heteroatoms. The summed E-state index contributed by atoms with van der Waals surface area (Å²) in [6.07, 6.45) is 3.89. The molecular formula is C10H11N4+. The molecule has 70 valence electrons. The van der Waals surface area contributed by atoms with E-state index >= 15 is 0 Å². The minimum absolute atomic E-state index is 0.790. The molecule has 1 aromatic rings. The summed E-state index contributed by atoms with van der Waals surface area (Å²) in [6, 6.07) is 5.92. The molecule has 4 nitrogen and oxygen atoms in total. The highest BCUT2D eigenvalue weighted by Crippen LogP contribution is 2.23. The van der Waals surface area contributed by atoms with Crippen LogP contribution in [0.5, 0.6) is 0 Å². The molecule has 0 fully saturated rings. The highest BCUT2D eigenvalue weighted by Gasteiger charge is 2.28. The van der Waals surface area contributed by atoms with E-state index in [0.29, 0.717) is 0 Å². The largest absolute Gasteiger partial charge is 0.399 e. The van der Waals surface area contributed by atoms with Crippen molar-refractivity contribution in [3.8, 4) is 0 Å². The summed E-state index contributed by atoms with van der Waals surface area (Å²) in [7, 11) is 0.